The molecule has 0 unspecified atom stereocenters. The van der Waals surface area contributed by atoms with E-state index < -0.39 is 0 Å². The Kier molecular flexibility index (Phi) is 7.36. The average molecular weight is 373 g/mol. The Morgan fingerprint density at radius 3 is 2.07 bits per heavy atom. The van der Waals surface area contributed by atoms with E-state index in [4.69, 9.17) is 24.7 Å². The van der Waals surface area contributed by atoms with Gasteiger partial charge in [0.2, 0.25) is 0 Å². The van der Waals surface area contributed by atoms with Crippen LogP contribution in [-0.2, 0) is 11.8 Å². The summed E-state index contributed by atoms with van der Waals surface area (Å²) < 4.78 is 22.6. The first-order valence-corrected chi connectivity index (χ1v) is 9.20. The summed E-state index contributed by atoms with van der Waals surface area (Å²) in [6, 6.07) is 11.8. The van der Waals surface area contributed by atoms with Crippen molar-refractivity contribution in [2.45, 2.75) is 32.6 Å². The standard InChI is InChI=1S/C22H31NO4/c1-22(2,3)18-15-17(24-4)7-9-19(18)26-12-13-27-21-14-16(10-11-23)6-8-20(21)25-5/h6-9,14-15H,10-13,23H2,1-5H3. The van der Waals surface area contributed by atoms with Gasteiger partial charge in [-0.3, -0.25) is 0 Å². The van der Waals surface area contributed by atoms with Crippen LogP contribution in [0.5, 0.6) is 23.0 Å². The average Bonchev–Trinajstić information content (AvgIpc) is 2.65. The van der Waals surface area contributed by atoms with E-state index in [2.05, 4.69) is 20.8 Å². The van der Waals surface area contributed by atoms with E-state index in [9.17, 15) is 0 Å². The summed E-state index contributed by atoms with van der Waals surface area (Å²) >= 11 is 0. The third-order valence-electron chi connectivity index (χ3n) is 4.25. The minimum atomic E-state index is -0.0511. The molecular formula is C22H31NO4. The number of hydrogen-bond donors (Lipinski definition) is 1. The van der Waals surface area contributed by atoms with E-state index in [1.54, 1.807) is 14.2 Å². The Morgan fingerprint density at radius 1 is 0.815 bits per heavy atom. The second-order valence-corrected chi connectivity index (χ2v) is 7.33. The highest BCUT2D eigenvalue weighted by molar-refractivity contribution is 5.44. The summed E-state index contributed by atoms with van der Waals surface area (Å²) in [6.07, 6.45) is 0.803. The van der Waals surface area contributed by atoms with Crippen LogP contribution in [0.15, 0.2) is 36.4 Å². The third-order valence-corrected chi connectivity index (χ3v) is 4.25. The lowest BCUT2D eigenvalue weighted by Crippen LogP contribution is -2.16. The molecule has 0 spiro atoms. The molecule has 5 nitrogen and oxygen atoms in total. The molecular weight excluding hydrogens is 342 g/mol. The summed E-state index contributed by atoms with van der Waals surface area (Å²) in [4.78, 5) is 0. The first-order chi connectivity index (χ1) is 12.9. The fraction of sp³-hybridized carbons (Fsp3) is 0.455. The van der Waals surface area contributed by atoms with Gasteiger partial charge < -0.3 is 24.7 Å². The zero-order valence-corrected chi connectivity index (χ0v) is 17.0. The molecule has 0 atom stereocenters. The predicted octanol–water partition coefficient (Wildman–Crippen LogP) is 3.96. The topological polar surface area (TPSA) is 62.9 Å². The summed E-state index contributed by atoms with van der Waals surface area (Å²) in [5.41, 5.74) is 7.81. The van der Waals surface area contributed by atoms with E-state index in [1.165, 1.54) is 0 Å². The molecule has 0 amide bonds. The second kappa shape index (κ2) is 9.51. The van der Waals surface area contributed by atoms with Gasteiger partial charge in [-0.2, -0.15) is 0 Å². The molecule has 0 saturated heterocycles. The van der Waals surface area contributed by atoms with Gasteiger partial charge in [0.1, 0.15) is 24.7 Å². The molecule has 0 fully saturated rings. The molecule has 0 heterocycles. The quantitative estimate of drug-likeness (QED) is 0.674. The van der Waals surface area contributed by atoms with Crippen molar-refractivity contribution in [2.75, 3.05) is 34.0 Å². The van der Waals surface area contributed by atoms with Crippen molar-refractivity contribution in [1.29, 1.82) is 0 Å². The van der Waals surface area contributed by atoms with E-state index in [0.717, 1.165) is 29.0 Å². The van der Waals surface area contributed by atoms with Gasteiger partial charge in [-0.1, -0.05) is 26.8 Å². The molecule has 0 aliphatic rings. The van der Waals surface area contributed by atoms with Gasteiger partial charge in [0, 0.05) is 5.56 Å². The van der Waals surface area contributed by atoms with Crippen LogP contribution >= 0.6 is 0 Å². The number of methoxy groups -OCH3 is 2. The molecule has 0 aromatic heterocycles. The first kappa shape index (κ1) is 20.9. The molecule has 0 aliphatic heterocycles. The third kappa shape index (κ3) is 5.79. The summed E-state index contributed by atoms with van der Waals surface area (Å²) in [5.74, 6) is 3.08. The molecule has 5 heteroatoms. The summed E-state index contributed by atoms with van der Waals surface area (Å²) in [7, 11) is 3.30. The van der Waals surface area contributed by atoms with Gasteiger partial charge in [0.05, 0.1) is 14.2 Å². The van der Waals surface area contributed by atoms with Gasteiger partial charge in [-0.05, 0) is 54.3 Å². The molecule has 0 radical (unpaired) electrons. The lowest BCUT2D eigenvalue weighted by Gasteiger charge is -2.23. The van der Waals surface area contributed by atoms with Crippen molar-refractivity contribution in [3.8, 4) is 23.0 Å². The molecule has 0 aliphatic carbocycles. The Balaban J connectivity index is 2.02. The van der Waals surface area contributed by atoms with Crippen molar-refractivity contribution in [3.05, 3.63) is 47.5 Å². The Morgan fingerprint density at radius 2 is 1.48 bits per heavy atom. The zero-order valence-electron chi connectivity index (χ0n) is 17.0. The molecule has 0 saturated carbocycles. The minimum absolute atomic E-state index is 0.0511. The molecule has 148 valence electrons. The highest BCUT2D eigenvalue weighted by atomic mass is 16.5. The predicted molar refractivity (Wildman–Crippen MR) is 108 cm³/mol. The zero-order chi connectivity index (χ0) is 19.9. The maximum atomic E-state index is 5.99. The van der Waals surface area contributed by atoms with Crippen LogP contribution in [0.4, 0.5) is 0 Å². The maximum Gasteiger partial charge on any atom is 0.161 e. The van der Waals surface area contributed by atoms with Crippen LogP contribution in [-0.4, -0.2) is 34.0 Å². The van der Waals surface area contributed by atoms with E-state index in [-0.39, 0.29) is 5.41 Å². The van der Waals surface area contributed by atoms with Crippen molar-refractivity contribution >= 4 is 0 Å². The number of ether oxygens (including phenoxy) is 4. The fourth-order valence-electron chi connectivity index (χ4n) is 2.81. The minimum Gasteiger partial charge on any atom is -0.497 e. The second-order valence-electron chi connectivity index (χ2n) is 7.33. The maximum absolute atomic E-state index is 5.99. The fourth-order valence-corrected chi connectivity index (χ4v) is 2.81. The lowest BCUT2D eigenvalue weighted by atomic mass is 9.86. The van der Waals surface area contributed by atoms with E-state index >= 15 is 0 Å². The molecule has 2 rings (SSSR count). The number of nitrogens with two attached hydrogens (primary N) is 1. The van der Waals surface area contributed by atoms with Crippen LogP contribution in [0.1, 0.15) is 31.9 Å². The Hall–Kier alpha value is -2.40. The summed E-state index contributed by atoms with van der Waals surface area (Å²) in [6.45, 7) is 7.90. The van der Waals surface area contributed by atoms with Crippen molar-refractivity contribution < 1.29 is 18.9 Å². The number of benzene rings is 2. The van der Waals surface area contributed by atoms with Crippen LogP contribution < -0.4 is 24.7 Å². The first-order valence-electron chi connectivity index (χ1n) is 9.20. The normalized spacial score (nSPS) is 11.2. The van der Waals surface area contributed by atoms with Gasteiger partial charge in [0.25, 0.3) is 0 Å². The highest BCUT2D eigenvalue weighted by Gasteiger charge is 2.20. The number of rotatable bonds is 9. The smallest absolute Gasteiger partial charge is 0.161 e. The molecule has 2 aromatic carbocycles. The van der Waals surface area contributed by atoms with Crippen molar-refractivity contribution in [3.63, 3.8) is 0 Å². The number of hydrogen-bond acceptors (Lipinski definition) is 5. The Labute approximate surface area is 162 Å². The van der Waals surface area contributed by atoms with Gasteiger partial charge >= 0.3 is 0 Å². The lowest BCUT2D eigenvalue weighted by molar-refractivity contribution is 0.208. The molecule has 2 N–H and O–H groups in total. The van der Waals surface area contributed by atoms with Gasteiger partial charge in [-0.25, -0.2) is 0 Å². The van der Waals surface area contributed by atoms with E-state index in [0.29, 0.717) is 31.3 Å². The van der Waals surface area contributed by atoms with Crippen molar-refractivity contribution in [2.24, 2.45) is 5.73 Å². The van der Waals surface area contributed by atoms with Crippen LogP contribution in [0.25, 0.3) is 0 Å². The highest BCUT2D eigenvalue weighted by Crippen LogP contribution is 2.34. The van der Waals surface area contributed by atoms with Gasteiger partial charge in [-0.15, -0.1) is 0 Å². The van der Waals surface area contributed by atoms with Crippen molar-refractivity contribution in [1.82, 2.24) is 0 Å². The largest absolute Gasteiger partial charge is 0.497 e. The Bertz CT molecular complexity index is 738. The molecule has 0 bridgehead atoms. The molecule has 2 aromatic rings. The van der Waals surface area contributed by atoms with E-state index in [1.807, 2.05) is 36.4 Å². The van der Waals surface area contributed by atoms with Crippen LogP contribution in [0.3, 0.4) is 0 Å². The van der Waals surface area contributed by atoms with Gasteiger partial charge in [0.15, 0.2) is 11.5 Å². The summed E-state index contributed by atoms with van der Waals surface area (Å²) in [5, 5.41) is 0. The molecule has 27 heavy (non-hydrogen) atoms. The van der Waals surface area contributed by atoms with Crippen LogP contribution in [0, 0.1) is 0 Å². The monoisotopic (exact) mass is 373 g/mol. The SMILES string of the molecule is COc1ccc(OCCOc2cc(CCN)ccc2OC)c(C(C)(C)C)c1. The van der Waals surface area contributed by atoms with Crippen LogP contribution in [0.2, 0.25) is 0 Å².